The van der Waals surface area contributed by atoms with Gasteiger partial charge in [0.25, 0.3) is 0 Å². The second kappa shape index (κ2) is 27.4. The van der Waals surface area contributed by atoms with Gasteiger partial charge in [-0.2, -0.15) is 0 Å². The van der Waals surface area contributed by atoms with Gasteiger partial charge in [-0.25, -0.2) is 4.79 Å². The van der Waals surface area contributed by atoms with Gasteiger partial charge in [0, 0.05) is 25.7 Å². The summed E-state index contributed by atoms with van der Waals surface area (Å²) in [7, 11) is 0. The number of primary amides is 1. The van der Waals surface area contributed by atoms with Crippen LogP contribution in [0, 0.1) is 0 Å². The number of amides is 8. The van der Waals surface area contributed by atoms with E-state index in [9.17, 15) is 68.4 Å². The van der Waals surface area contributed by atoms with E-state index in [2.05, 4.69) is 37.2 Å². The lowest BCUT2D eigenvalue weighted by atomic mass is 9.99. The molecule has 13 N–H and O–H groups in total. The zero-order valence-corrected chi connectivity index (χ0v) is 38.4. The molecule has 8 amide bonds. The number of aliphatic hydroxyl groups is 1. The molecule has 4 rings (SSSR count). The second-order valence-corrected chi connectivity index (χ2v) is 16.2. The number of phenols is 1. The number of carboxylic acids is 2. The Labute approximate surface area is 406 Å². The third kappa shape index (κ3) is 18.8. The number of aliphatic carboxylic acids is 2. The molecule has 0 saturated heterocycles. The van der Waals surface area contributed by atoms with Crippen LogP contribution in [0.5, 0.6) is 5.75 Å². The lowest BCUT2D eigenvalue weighted by molar-refractivity contribution is -0.139. The lowest BCUT2D eigenvalue weighted by Crippen LogP contribution is -2.60. The van der Waals surface area contributed by atoms with Crippen LogP contribution in [0.2, 0.25) is 0 Å². The largest absolute Gasteiger partial charge is 0.508 e. The first-order chi connectivity index (χ1) is 33.8. The third-order valence-corrected chi connectivity index (χ3v) is 10.7. The van der Waals surface area contributed by atoms with Crippen molar-refractivity contribution in [3.8, 4) is 5.75 Å². The molecule has 0 aromatic heterocycles. The summed E-state index contributed by atoms with van der Waals surface area (Å²) >= 11 is 0. The minimum atomic E-state index is -1.83. The first-order valence-electron chi connectivity index (χ1n) is 22.2. The summed E-state index contributed by atoms with van der Waals surface area (Å²) < 4.78 is 5.09. The number of fused-ring (bicyclic) bond motifs is 1. The van der Waals surface area contributed by atoms with Crippen molar-refractivity contribution >= 4 is 70.2 Å². The van der Waals surface area contributed by atoms with E-state index in [0.717, 1.165) is 10.8 Å². The molecule has 0 unspecified atom stereocenters. The van der Waals surface area contributed by atoms with E-state index in [1.54, 1.807) is 60.7 Å². The van der Waals surface area contributed by atoms with Gasteiger partial charge in [0.2, 0.25) is 41.4 Å². The fourth-order valence-electron chi connectivity index (χ4n) is 6.83. The molecule has 23 heteroatoms. The van der Waals surface area contributed by atoms with E-state index >= 15 is 0 Å². The van der Waals surface area contributed by atoms with Gasteiger partial charge < -0.3 is 68.1 Å². The summed E-state index contributed by atoms with van der Waals surface area (Å²) in [6.45, 7) is -0.578. The lowest BCUT2D eigenvalue weighted by Gasteiger charge is -2.27. The van der Waals surface area contributed by atoms with E-state index in [0.29, 0.717) is 16.7 Å². The Morgan fingerprint density at radius 1 is 0.549 bits per heavy atom. The van der Waals surface area contributed by atoms with Gasteiger partial charge in [-0.15, -0.1) is 0 Å². The molecular formula is C48H56N8O15. The summed E-state index contributed by atoms with van der Waals surface area (Å²) in [6.07, 6.45) is -3.49. The normalized spacial score (nSPS) is 13.3. The van der Waals surface area contributed by atoms with Crippen LogP contribution in [-0.2, 0) is 67.3 Å². The number of hydrogen-bond donors (Lipinski definition) is 12. The number of aromatic hydroxyl groups is 1. The summed E-state index contributed by atoms with van der Waals surface area (Å²) in [5, 5.41) is 56.9. The summed E-state index contributed by atoms with van der Waals surface area (Å²) in [5.74, 6) is -9.79. The maximum Gasteiger partial charge on any atom is 0.408 e. The fourth-order valence-corrected chi connectivity index (χ4v) is 6.83. The molecule has 0 saturated carbocycles. The molecule has 6 atom stereocenters. The molecule has 23 nitrogen and oxygen atoms in total. The van der Waals surface area contributed by atoms with Gasteiger partial charge in [0.15, 0.2) is 0 Å². The SMILES string of the molecule is C[C@H](NC(=O)OCc1ccccc1)C(=O)NCC(=O)N[C@@H](CCC(=O)O)C(=O)N[C@@H](CO)C(=O)N[C@@H](Cc1ccc2ccccc2c1)C(=O)N[C@@H](Cc1ccc(O)cc1)C(=O)N[C@@H](CCC(=O)O)C(N)=O. The smallest absolute Gasteiger partial charge is 0.408 e. The predicted octanol–water partition coefficient (Wildman–Crippen LogP) is -0.607. The van der Waals surface area contributed by atoms with E-state index in [1.165, 1.54) is 31.2 Å². The number of phenolic OH excluding ortho intramolecular Hbond substituents is 1. The van der Waals surface area contributed by atoms with Crippen LogP contribution in [0.15, 0.2) is 97.1 Å². The van der Waals surface area contributed by atoms with Gasteiger partial charge in [0.05, 0.1) is 13.2 Å². The van der Waals surface area contributed by atoms with E-state index in [1.807, 2.05) is 12.1 Å². The number of hydrogen-bond acceptors (Lipinski definition) is 13. The standard InChI is InChI=1S/C48H56N8O15/c1-27(51-48(70)71-26-29-7-3-2-4-8-29)43(65)50-24-39(59)52-35(18-20-41(62)63)44(66)56-38(25-57)47(69)55-37(23-30-11-14-31-9-5-6-10-32(31)21-30)46(68)54-36(22-28-12-15-33(58)16-13-28)45(67)53-34(42(49)64)17-19-40(60)61/h2-16,21,27,34-38,57-58H,17-20,22-26H2,1H3,(H2,49,64)(H,50,65)(H,51,70)(H,52,59)(H,53,67)(H,54,68)(H,55,69)(H,56,66)(H,60,61)(H,62,63)/t27-,34-,35-,36-,37-,38-/m0/s1. The highest BCUT2D eigenvalue weighted by Crippen LogP contribution is 2.18. The minimum absolute atomic E-state index is 0.0756. The number of nitrogens with one attached hydrogen (secondary N) is 7. The molecule has 0 heterocycles. The number of carbonyl (C=O) groups is 10. The van der Waals surface area contributed by atoms with Crippen LogP contribution < -0.4 is 43.0 Å². The van der Waals surface area contributed by atoms with Crippen LogP contribution in [0.1, 0.15) is 49.3 Å². The predicted molar refractivity (Wildman–Crippen MR) is 251 cm³/mol. The van der Waals surface area contributed by atoms with Gasteiger partial charge in [0.1, 0.15) is 48.6 Å². The van der Waals surface area contributed by atoms with Crippen molar-refractivity contribution in [2.24, 2.45) is 5.73 Å². The third-order valence-electron chi connectivity index (χ3n) is 10.7. The van der Waals surface area contributed by atoms with Gasteiger partial charge in [-0.3, -0.25) is 43.2 Å². The summed E-state index contributed by atoms with van der Waals surface area (Å²) in [5.41, 5.74) is 7.07. The topological polar surface area (TPSA) is 371 Å². The Balaban J connectivity index is 1.50. The average Bonchev–Trinajstić information content (AvgIpc) is 3.34. The average molecular weight is 985 g/mol. The van der Waals surface area contributed by atoms with Gasteiger partial charge in [-0.1, -0.05) is 84.9 Å². The monoisotopic (exact) mass is 984 g/mol. The number of nitrogens with two attached hydrogens (primary N) is 1. The van der Waals surface area contributed by atoms with Crippen LogP contribution >= 0.6 is 0 Å². The molecule has 0 bridgehead atoms. The molecule has 4 aromatic carbocycles. The summed E-state index contributed by atoms with van der Waals surface area (Å²) in [6, 6.07) is 17.5. The van der Waals surface area contributed by atoms with Crippen molar-refractivity contribution in [3.05, 3.63) is 114 Å². The Kier molecular flexibility index (Phi) is 21.2. The van der Waals surface area contributed by atoms with Crippen molar-refractivity contribution in [2.45, 2.75) is 88.3 Å². The minimum Gasteiger partial charge on any atom is -0.508 e. The quantitative estimate of drug-likeness (QED) is 0.0355. The Morgan fingerprint density at radius 3 is 1.65 bits per heavy atom. The highest BCUT2D eigenvalue weighted by Gasteiger charge is 2.33. The molecule has 0 aliphatic heterocycles. The number of rotatable bonds is 27. The van der Waals surface area contributed by atoms with Crippen LogP contribution in [0.3, 0.4) is 0 Å². The number of carbonyl (C=O) groups excluding carboxylic acids is 8. The number of aliphatic hydroxyl groups excluding tert-OH is 1. The summed E-state index contributed by atoms with van der Waals surface area (Å²) in [4.78, 5) is 128. The van der Waals surface area contributed by atoms with Gasteiger partial charge >= 0.3 is 18.0 Å². The molecule has 0 fully saturated rings. The molecule has 378 valence electrons. The van der Waals surface area contributed by atoms with Crippen molar-refractivity contribution < 1.29 is 73.1 Å². The molecular weight excluding hydrogens is 929 g/mol. The van der Waals surface area contributed by atoms with Crippen molar-refractivity contribution in [2.75, 3.05) is 13.2 Å². The molecule has 0 aliphatic rings. The Bertz CT molecular complexity index is 2540. The zero-order valence-electron chi connectivity index (χ0n) is 38.4. The van der Waals surface area contributed by atoms with E-state index in [4.69, 9.17) is 10.5 Å². The second-order valence-electron chi connectivity index (χ2n) is 16.2. The highest BCUT2D eigenvalue weighted by molar-refractivity contribution is 5.97. The fraction of sp³-hybridized carbons (Fsp3) is 0.333. The Hall–Kier alpha value is -8.60. The first-order valence-corrected chi connectivity index (χ1v) is 22.2. The maximum atomic E-state index is 14.3. The first kappa shape index (κ1) is 55.0. The molecule has 71 heavy (non-hydrogen) atoms. The molecule has 4 aromatic rings. The Morgan fingerprint density at radius 2 is 1.06 bits per heavy atom. The maximum absolute atomic E-state index is 14.3. The highest BCUT2D eigenvalue weighted by atomic mass is 16.5. The number of alkyl carbamates (subject to hydrolysis) is 1. The van der Waals surface area contributed by atoms with E-state index in [-0.39, 0.29) is 31.6 Å². The molecule has 0 radical (unpaired) electrons. The van der Waals surface area contributed by atoms with Crippen LogP contribution in [0.25, 0.3) is 10.8 Å². The van der Waals surface area contributed by atoms with E-state index < -0.39 is 128 Å². The number of benzene rings is 4. The van der Waals surface area contributed by atoms with Crippen LogP contribution in [-0.4, -0.2) is 129 Å². The number of ether oxygens (including phenoxy) is 1. The van der Waals surface area contributed by atoms with Crippen molar-refractivity contribution in [1.82, 2.24) is 37.2 Å². The van der Waals surface area contributed by atoms with Gasteiger partial charge in [-0.05, 0) is 59.4 Å². The number of carboxylic acid groups (broad SMARTS) is 2. The molecule has 0 spiro atoms. The van der Waals surface area contributed by atoms with Crippen molar-refractivity contribution in [3.63, 3.8) is 0 Å². The van der Waals surface area contributed by atoms with Crippen molar-refractivity contribution in [1.29, 1.82) is 0 Å². The molecule has 0 aliphatic carbocycles. The zero-order chi connectivity index (χ0) is 52.0. The van der Waals surface area contributed by atoms with Crippen LogP contribution in [0.4, 0.5) is 4.79 Å².